The summed E-state index contributed by atoms with van der Waals surface area (Å²) in [6, 6.07) is 25.4. The van der Waals surface area contributed by atoms with Gasteiger partial charge in [0.2, 0.25) is 0 Å². The molecule has 0 saturated carbocycles. The average molecular weight is 915 g/mol. The Morgan fingerprint density at radius 1 is 0.672 bits per heavy atom. The first-order valence-corrected chi connectivity index (χ1v) is 23.8. The maximum absolute atomic E-state index is 11.3. The molecule has 0 unspecified atom stereocenters. The van der Waals surface area contributed by atoms with Crippen LogP contribution >= 0.6 is 0 Å². The summed E-state index contributed by atoms with van der Waals surface area (Å²) in [5.41, 5.74) is 8.71. The van der Waals surface area contributed by atoms with Crippen LogP contribution in [0.5, 0.6) is 11.5 Å². The number of hydrogen-bond donors (Lipinski definition) is 4. The first kappa shape index (κ1) is 54.0. The van der Waals surface area contributed by atoms with E-state index in [-0.39, 0.29) is 42.4 Å². The van der Waals surface area contributed by atoms with Crippen LogP contribution < -0.4 is 9.47 Å². The van der Waals surface area contributed by atoms with E-state index in [4.69, 9.17) is 19.3 Å². The van der Waals surface area contributed by atoms with Crippen molar-refractivity contribution in [3.8, 4) is 35.2 Å². The van der Waals surface area contributed by atoms with E-state index in [1.54, 1.807) is 27.7 Å². The number of carboxylic acids is 1. The fourth-order valence-electron chi connectivity index (χ4n) is 8.77. The van der Waals surface area contributed by atoms with Crippen molar-refractivity contribution in [2.75, 3.05) is 13.2 Å². The molecule has 0 radical (unpaired) electrons. The Balaban J connectivity index is 0.000000293. The predicted molar refractivity (Wildman–Crippen MR) is 267 cm³/mol. The highest BCUT2D eigenvalue weighted by molar-refractivity contribution is 5.71. The molecule has 1 aliphatic rings. The summed E-state index contributed by atoms with van der Waals surface area (Å²) < 4.78 is 17.0. The molecule has 9 nitrogen and oxygen atoms in total. The molecule has 2 atom stereocenters. The van der Waals surface area contributed by atoms with Crippen molar-refractivity contribution in [2.45, 2.75) is 169 Å². The van der Waals surface area contributed by atoms with Gasteiger partial charge in [0.25, 0.3) is 0 Å². The molecule has 5 rings (SSSR count). The zero-order chi connectivity index (χ0) is 49.7. The minimum atomic E-state index is -1.03. The Morgan fingerprint density at radius 2 is 1.07 bits per heavy atom. The number of carbonyl (C=O) groups is 2. The van der Waals surface area contributed by atoms with E-state index in [0.29, 0.717) is 18.8 Å². The van der Waals surface area contributed by atoms with Crippen molar-refractivity contribution < 1.29 is 44.2 Å². The van der Waals surface area contributed by atoms with Gasteiger partial charge in [0.1, 0.15) is 42.0 Å². The van der Waals surface area contributed by atoms with E-state index in [0.717, 1.165) is 71.2 Å². The number of ether oxygens (including phenoxy) is 3. The zero-order valence-electron chi connectivity index (χ0n) is 42.0. The highest BCUT2D eigenvalue weighted by atomic mass is 16.6. The Kier molecular flexibility index (Phi) is 18.9. The van der Waals surface area contributed by atoms with E-state index in [1.807, 2.05) is 32.0 Å². The quantitative estimate of drug-likeness (QED) is 0.0601. The number of aryl methyl sites for hydroxylation is 4. The lowest BCUT2D eigenvalue weighted by Gasteiger charge is -2.34. The molecule has 0 aliphatic carbocycles. The number of esters is 1. The second kappa shape index (κ2) is 23.4. The Labute approximate surface area is 400 Å². The third-order valence-electron chi connectivity index (χ3n) is 12.9. The monoisotopic (exact) mass is 915 g/mol. The minimum absolute atomic E-state index is 0.0620. The topological polar surface area (TPSA) is 143 Å². The normalized spacial score (nSPS) is 14.4. The van der Waals surface area contributed by atoms with Gasteiger partial charge >= 0.3 is 11.9 Å². The summed E-state index contributed by atoms with van der Waals surface area (Å²) >= 11 is 0. The first-order valence-electron chi connectivity index (χ1n) is 23.8. The van der Waals surface area contributed by atoms with Gasteiger partial charge in [-0.1, -0.05) is 99.9 Å². The van der Waals surface area contributed by atoms with Crippen molar-refractivity contribution in [3.05, 3.63) is 128 Å². The highest BCUT2D eigenvalue weighted by Gasteiger charge is 2.33. The van der Waals surface area contributed by atoms with Gasteiger partial charge in [-0.25, -0.2) is 0 Å². The number of aliphatic hydroxyl groups excluding tert-OH is 1. The molecule has 1 saturated heterocycles. The van der Waals surface area contributed by atoms with Gasteiger partial charge in [-0.05, 0) is 163 Å². The summed E-state index contributed by atoms with van der Waals surface area (Å²) in [6.45, 7) is 24.2. The minimum Gasteiger partial charge on any atom is -0.491 e. The summed E-state index contributed by atoms with van der Waals surface area (Å²) in [6.07, 6.45) is 4.09. The van der Waals surface area contributed by atoms with E-state index < -0.39 is 23.3 Å². The predicted octanol–water partition coefficient (Wildman–Crippen LogP) is 10.8. The molecule has 4 aromatic carbocycles. The number of hydrogen-bond acceptors (Lipinski definition) is 8. The average Bonchev–Trinajstić information content (AvgIpc) is 3.69. The van der Waals surface area contributed by atoms with Crippen LogP contribution in [0.15, 0.2) is 72.8 Å². The van der Waals surface area contributed by atoms with Gasteiger partial charge in [0.15, 0.2) is 0 Å². The number of carboxylic acid groups (broad SMARTS) is 1. The van der Waals surface area contributed by atoms with Crippen molar-refractivity contribution in [3.63, 3.8) is 0 Å². The molecule has 67 heavy (non-hydrogen) atoms. The highest BCUT2D eigenvalue weighted by Crippen LogP contribution is 2.42. The number of aliphatic carboxylic acids is 1. The molecule has 9 heteroatoms. The lowest BCUT2D eigenvalue weighted by Crippen LogP contribution is -2.26. The molecule has 0 amide bonds. The van der Waals surface area contributed by atoms with Crippen LogP contribution in [0.2, 0.25) is 0 Å². The summed E-state index contributed by atoms with van der Waals surface area (Å²) in [7, 11) is 0. The van der Waals surface area contributed by atoms with Gasteiger partial charge in [-0.3, -0.25) is 9.59 Å². The molecule has 4 aromatic rings. The molecule has 1 aliphatic heterocycles. The van der Waals surface area contributed by atoms with Crippen molar-refractivity contribution in [2.24, 2.45) is 0 Å². The smallest absolute Gasteiger partial charge is 0.306 e. The van der Waals surface area contributed by atoms with Crippen molar-refractivity contribution in [1.82, 2.24) is 0 Å². The van der Waals surface area contributed by atoms with Gasteiger partial charge in [-0.15, -0.1) is 0 Å². The molecule has 0 bridgehead atoms. The lowest BCUT2D eigenvalue weighted by molar-refractivity contribution is -0.142. The van der Waals surface area contributed by atoms with Crippen LogP contribution in [-0.4, -0.2) is 69.0 Å². The van der Waals surface area contributed by atoms with E-state index in [2.05, 4.69) is 120 Å². The third kappa shape index (κ3) is 14.7. The Hall–Kier alpha value is -5.58. The number of rotatable bonds is 17. The van der Waals surface area contributed by atoms with Crippen LogP contribution in [0.25, 0.3) is 0 Å². The molecule has 360 valence electrons. The lowest BCUT2D eigenvalue weighted by atomic mass is 9.70. The second-order valence-corrected chi connectivity index (χ2v) is 19.1. The third-order valence-corrected chi connectivity index (χ3v) is 12.9. The van der Waals surface area contributed by atoms with Crippen LogP contribution in [0.3, 0.4) is 0 Å². The zero-order valence-corrected chi connectivity index (χ0v) is 42.0. The van der Waals surface area contributed by atoms with Crippen LogP contribution in [0, 0.1) is 51.4 Å². The molecule has 1 heterocycles. The van der Waals surface area contributed by atoms with Gasteiger partial charge < -0.3 is 34.6 Å². The molecule has 1 fully saturated rings. The fourth-order valence-corrected chi connectivity index (χ4v) is 8.77. The van der Waals surface area contributed by atoms with Crippen molar-refractivity contribution in [1.29, 1.82) is 0 Å². The summed E-state index contributed by atoms with van der Waals surface area (Å²) in [5, 5.41) is 38.6. The SMILES string of the molecule is CCC(CC)(c1ccc(C#CC(C)(C)O)c(C)c1)c1ccc(OC[C@@H](O)CCC(=O)O)c(C)c1.CCC(CC)(c1ccc(C#CC(C)(C)O)c(C)c1)c1ccc(OC[C@@H]2CCC(=O)O2)c(C)c1. The molecule has 4 N–H and O–H groups in total. The van der Waals surface area contributed by atoms with Crippen molar-refractivity contribution >= 4 is 11.9 Å². The van der Waals surface area contributed by atoms with Crippen LogP contribution in [0.4, 0.5) is 0 Å². The molecule has 0 aromatic heterocycles. The second-order valence-electron chi connectivity index (χ2n) is 19.1. The van der Waals surface area contributed by atoms with E-state index in [1.165, 1.54) is 22.3 Å². The van der Waals surface area contributed by atoms with Crippen LogP contribution in [0.1, 0.15) is 162 Å². The number of cyclic esters (lactones) is 1. The van der Waals surface area contributed by atoms with Gasteiger partial charge in [0.05, 0.1) is 6.10 Å². The molecular weight excluding hydrogens is 841 g/mol. The van der Waals surface area contributed by atoms with Crippen LogP contribution in [-0.2, 0) is 25.2 Å². The summed E-state index contributed by atoms with van der Waals surface area (Å²) in [5.74, 6) is 12.5. The first-order chi connectivity index (χ1) is 31.5. The standard InChI is InChI=1S/C29H38O5.C29H36O4/c1-7-29(8-2,23-10-9-22(20(3)17-23)15-16-28(5,6)33)24-11-13-26(21(4)18-24)34-19-25(30)12-14-27(31)32;1-7-29(8-2,23-10-9-22(20(3)17-23)15-16-28(5,6)31)24-11-13-26(21(4)18-24)32-19-25-12-14-27(30)33-25/h9-11,13,17-18,25,30,33H,7-8,12,14,19H2,1-6H3,(H,31,32);9-11,13,17-18,25,31H,7-8,12,14,19H2,1-6H3/t2*25-/m00/s1. The van der Waals surface area contributed by atoms with Gasteiger partial charge in [-0.2, -0.15) is 0 Å². The number of aliphatic hydroxyl groups is 3. The largest absolute Gasteiger partial charge is 0.491 e. The fraction of sp³-hybridized carbons (Fsp3) is 0.483. The number of carbonyl (C=O) groups excluding carboxylic acids is 1. The Bertz CT molecular complexity index is 2450. The molecule has 0 spiro atoms. The Morgan fingerprint density at radius 3 is 1.42 bits per heavy atom. The van der Waals surface area contributed by atoms with E-state index >= 15 is 0 Å². The van der Waals surface area contributed by atoms with Gasteiger partial charge in [0, 0.05) is 34.8 Å². The number of benzene rings is 4. The van der Waals surface area contributed by atoms with E-state index in [9.17, 15) is 24.9 Å². The summed E-state index contributed by atoms with van der Waals surface area (Å²) in [4.78, 5) is 22.0. The maximum atomic E-state index is 11.3. The maximum Gasteiger partial charge on any atom is 0.306 e. The molecular formula is C58H74O9.